The first kappa shape index (κ1) is 21.6. The van der Waals surface area contributed by atoms with Crippen LogP contribution in [0.5, 0.6) is 0 Å². The van der Waals surface area contributed by atoms with Gasteiger partial charge in [-0.15, -0.1) is 0 Å². The van der Waals surface area contributed by atoms with Crippen LogP contribution in [0, 0.1) is 0 Å². The lowest BCUT2D eigenvalue weighted by molar-refractivity contribution is -0.119. The Morgan fingerprint density at radius 3 is 2.38 bits per heavy atom. The van der Waals surface area contributed by atoms with E-state index in [0.717, 1.165) is 0 Å². The lowest BCUT2D eigenvalue weighted by Gasteiger charge is -2.26. The summed E-state index contributed by atoms with van der Waals surface area (Å²) in [6.07, 6.45) is 1.44. The summed E-state index contributed by atoms with van der Waals surface area (Å²) >= 11 is 6.22. The van der Waals surface area contributed by atoms with Gasteiger partial charge in [-0.05, 0) is 41.5 Å². The van der Waals surface area contributed by atoms with Gasteiger partial charge in [-0.3, -0.25) is 24.3 Å². The van der Waals surface area contributed by atoms with E-state index in [1.807, 2.05) is 12.1 Å². The molecule has 0 bridgehead atoms. The van der Waals surface area contributed by atoms with Gasteiger partial charge >= 0.3 is 5.69 Å². The molecule has 1 atom stereocenters. The Balaban J connectivity index is 1.58. The molecule has 0 spiro atoms. The van der Waals surface area contributed by atoms with Crippen LogP contribution in [0.2, 0.25) is 5.02 Å². The smallest absolute Gasteiger partial charge is 0.313 e. The number of aromatic nitrogens is 2. The van der Waals surface area contributed by atoms with Crippen LogP contribution in [0.15, 0.2) is 88.6 Å². The fourth-order valence-electron chi connectivity index (χ4n) is 4.27. The first-order chi connectivity index (χ1) is 16.4. The van der Waals surface area contributed by atoms with Crippen LogP contribution in [0.4, 0.5) is 11.4 Å². The second-order valence-electron chi connectivity index (χ2n) is 7.95. The van der Waals surface area contributed by atoms with Gasteiger partial charge in [-0.1, -0.05) is 54.1 Å². The van der Waals surface area contributed by atoms with Gasteiger partial charge in [-0.2, -0.15) is 0 Å². The molecule has 5 rings (SSSR count). The van der Waals surface area contributed by atoms with Crippen molar-refractivity contribution in [3.63, 3.8) is 0 Å². The van der Waals surface area contributed by atoms with E-state index in [4.69, 9.17) is 11.6 Å². The molecular weight excluding hydrogens is 454 g/mol. The van der Waals surface area contributed by atoms with E-state index in [9.17, 15) is 19.2 Å². The fourth-order valence-corrected chi connectivity index (χ4v) is 4.45. The normalized spacial score (nSPS) is 14.6. The molecule has 7 nitrogen and oxygen atoms in total. The molecule has 168 valence electrons. The van der Waals surface area contributed by atoms with Crippen LogP contribution >= 0.6 is 11.6 Å². The number of nitrogens with zero attached hydrogens (tertiary/aromatic N) is 1. The standard InChI is InChI=1S/C26H18ClN3O4/c27-16-4-3-5-18(12-16)30(25(33)21-13-23(31)20-7-2-1-6-19(20)21)17-10-8-15(9-11-17)22-14-28-26(34)29-24(22)32/h1-12,14,21H,13H2,(H2,28,29,32,34)/t21-/m1/s1. The Morgan fingerprint density at radius 2 is 1.65 bits per heavy atom. The molecule has 4 aromatic rings. The van der Waals surface area contributed by atoms with Gasteiger partial charge < -0.3 is 4.98 Å². The highest BCUT2D eigenvalue weighted by atomic mass is 35.5. The summed E-state index contributed by atoms with van der Waals surface area (Å²) in [6, 6.07) is 20.9. The number of ketones is 1. The molecule has 0 radical (unpaired) electrons. The van der Waals surface area contributed by atoms with Crippen molar-refractivity contribution in [2.24, 2.45) is 0 Å². The average molecular weight is 472 g/mol. The summed E-state index contributed by atoms with van der Waals surface area (Å²) in [5.41, 5.74) is 2.15. The Morgan fingerprint density at radius 1 is 0.882 bits per heavy atom. The summed E-state index contributed by atoms with van der Waals surface area (Å²) in [4.78, 5) is 56.1. The highest BCUT2D eigenvalue weighted by Gasteiger charge is 2.37. The maximum atomic E-state index is 13.8. The van der Waals surface area contributed by atoms with Crippen LogP contribution in [-0.4, -0.2) is 21.7 Å². The molecule has 8 heteroatoms. The molecule has 1 aliphatic carbocycles. The molecule has 34 heavy (non-hydrogen) atoms. The zero-order valence-electron chi connectivity index (χ0n) is 17.7. The van der Waals surface area contributed by atoms with Crippen LogP contribution in [0.25, 0.3) is 11.1 Å². The van der Waals surface area contributed by atoms with Gasteiger partial charge in [0.05, 0.1) is 17.2 Å². The average Bonchev–Trinajstić information content (AvgIpc) is 3.17. The lowest BCUT2D eigenvalue weighted by Crippen LogP contribution is -2.30. The molecule has 1 aliphatic rings. The second-order valence-corrected chi connectivity index (χ2v) is 8.39. The number of halogens is 1. The number of rotatable bonds is 4. The number of benzene rings is 3. The third kappa shape index (κ3) is 3.86. The zero-order valence-corrected chi connectivity index (χ0v) is 18.5. The van der Waals surface area contributed by atoms with E-state index in [0.29, 0.717) is 38.7 Å². The number of anilines is 2. The summed E-state index contributed by atoms with van der Waals surface area (Å²) in [5.74, 6) is -0.938. The van der Waals surface area contributed by atoms with Crippen molar-refractivity contribution in [1.29, 1.82) is 0 Å². The quantitative estimate of drug-likeness (QED) is 0.460. The van der Waals surface area contributed by atoms with Crippen LogP contribution < -0.4 is 16.1 Å². The Hall–Kier alpha value is -4.23. The highest BCUT2D eigenvalue weighted by molar-refractivity contribution is 6.31. The number of hydrogen-bond donors (Lipinski definition) is 2. The number of H-pyrrole nitrogens is 2. The number of carbonyl (C=O) groups excluding carboxylic acids is 2. The Kier molecular flexibility index (Phi) is 5.47. The minimum Gasteiger partial charge on any atom is -0.313 e. The van der Waals surface area contributed by atoms with Gasteiger partial charge in [0.2, 0.25) is 5.91 Å². The predicted octanol–water partition coefficient (Wildman–Crippen LogP) is 4.42. The minimum absolute atomic E-state index is 0.0624. The van der Waals surface area contributed by atoms with Crippen molar-refractivity contribution in [3.8, 4) is 11.1 Å². The molecule has 1 heterocycles. The molecule has 0 unspecified atom stereocenters. The van der Waals surface area contributed by atoms with Crippen LogP contribution in [0.1, 0.15) is 28.3 Å². The first-order valence-corrected chi connectivity index (χ1v) is 10.9. The number of nitrogens with one attached hydrogen (secondary N) is 2. The Bertz CT molecular complexity index is 1540. The number of carbonyl (C=O) groups is 2. The molecule has 0 saturated heterocycles. The van der Waals surface area contributed by atoms with Gasteiger partial charge in [0.25, 0.3) is 5.56 Å². The maximum Gasteiger partial charge on any atom is 0.325 e. The van der Waals surface area contributed by atoms with Crippen molar-refractivity contribution in [3.05, 3.63) is 116 Å². The number of amides is 1. The number of fused-ring (bicyclic) bond motifs is 1. The molecule has 0 aliphatic heterocycles. The molecule has 1 amide bonds. The molecule has 0 fully saturated rings. The van der Waals surface area contributed by atoms with E-state index < -0.39 is 17.2 Å². The third-order valence-electron chi connectivity index (χ3n) is 5.87. The predicted molar refractivity (Wildman–Crippen MR) is 130 cm³/mol. The van der Waals surface area contributed by atoms with E-state index in [-0.39, 0.29) is 18.1 Å². The van der Waals surface area contributed by atoms with E-state index in [1.165, 1.54) is 11.1 Å². The van der Waals surface area contributed by atoms with E-state index in [1.54, 1.807) is 60.7 Å². The molecule has 1 aromatic heterocycles. The summed E-state index contributed by atoms with van der Waals surface area (Å²) < 4.78 is 0. The van der Waals surface area contributed by atoms with Crippen molar-refractivity contribution in [1.82, 2.24) is 9.97 Å². The molecule has 2 N–H and O–H groups in total. The molecule has 3 aromatic carbocycles. The van der Waals surface area contributed by atoms with Crippen molar-refractivity contribution < 1.29 is 9.59 Å². The maximum absolute atomic E-state index is 13.8. The summed E-state index contributed by atoms with van der Waals surface area (Å²) in [7, 11) is 0. The number of Topliss-reactive ketones (excluding diaryl/α,β-unsaturated/α-hetero) is 1. The van der Waals surface area contributed by atoms with Crippen molar-refractivity contribution >= 4 is 34.7 Å². The SMILES string of the molecule is O=C1C[C@@H](C(=O)N(c2ccc(-c3c[nH]c(=O)[nH]c3=O)cc2)c2cccc(Cl)c2)c2ccccc21. The molecule has 0 saturated carbocycles. The summed E-state index contributed by atoms with van der Waals surface area (Å²) in [5, 5.41) is 0.467. The van der Waals surface area contributed by atoms with Gasteiger partial charge in [-0.25, -0.2) is 4.79 Å². The Labute approximate surface area is 198 Å². The first-order valence-electron chi connectivity index (χ1n) is 10.6. The van der Waals surface area contributed by atoms with Gasteiger partial charge in [0.15, 0.2) is 5.78 Å². The second kappa shape index (κ2) is 8.61. The van der Waals surface area contributed by atoms with Crippen molar-refractivity contribution in [2.75, 3.05) is 4.90 Å². The lowest BCUT2D eigenvalue weighted by atomic mass is 9.98. The number of aromatic amines is 2. The number of hydrogen-bond acceptors (Lipinski definition) is 4. The monoisotopic (exact) mass is 471 g/mol. The van der Waals surface area contributed by atoms with Crippen LogP contribution in [0.3, 0.4) is 0 Å². The fraction of sp³-hybridized carbons (Fsp3) is 0.0769. The van der Waals surface area contributed by atoms with Crippen LogP contribution in [-0.2, 0) is 4.79 Å². The minimum atomic E-state index is -0.621. The van der Waals surface area contributed by atoms with E-state index >= 15 is 0 Å². The van der Waals surface area contributed by atoms with Gasteiger partial charge in [0, 0.05) is 28.9 Å². The molecular formula is C26H18ClN3O4. The van der Waals surface area contributed by atoms with E-state index in [2.05, 4.69) is 9.97 Å². The van der Waals surface area contributed by atoms with Crippen molar-refractivity contribution in [2.45, 2.75) is 12.3 Å². The largest absolute Gasteiger partial charge is 0.325 e. The van der Waals surface area contributed by atoms with Gasteiger partial charge in [0.1, 0.15) is 0 Å². The zero-order chi connectivity index (χ0) is 23.8. The topological polar surface area (TPSA) is 103 Å². The summed E-state index contributed by atoms with van der Waals surface area (Å²) in [6.45, 7) is 0. The third-order valence-corrected chi connectivity index (χ3v) is 6.10. The highest BCUT2D eigenvalue weighted by Crippen LogP contribution is 2.38.